The Hall–Kier alpha value is -1.56. The van der Waals surface area contributed by atoms with Crippen LogP contribution in [0.4, 0.5) is 4.79 Å². The quantitative estimate of drug-likeness (QED) is 0.830. The molecule has 1 aromatic rings. The van der Waals surface area contributed by atoms with Crippen molar-refractivity contribution in [2.24, 2.45) is 0 Å². The molecule has 0 radical (unpaired) electrons. The van der Waals surface area contributed by atoms with Gasteiger partial charge in [-0.2, -0.15) is 0 Å². The Morgan fingerprint density at radius 1 is 1.30 bits per heavy atom. The van der Waals surface area contributed by atoms with Gasteiger partial charge in [-0.05, 0) is 17.7 Å². The fourth-order valence-electron chi connectivity index (χ4n) is 2.71. The second-order valence-electron chi connectivity index (χ2n) is 5.11. The summed E-state index contributed by atoms with van der Waals surface area (Å²) in [4.78, 5) is 27.6. The predicted octanol–water partition coefficient (Wildman–Crippen LogP) is 1.43. The molecule has 20 heavy (non-hydrogen) atoms. The predicted molar refractivity (Wildman–Crippen MR) is 78.9 cm³/mol. The Kier molecular flexibility index (Phi) is 3.65. The second-order valence-corrected chi connectivity index (χ2v) is 5.68. The van der Waals surface area contributed by atoms with Crippen LogP contribution < -0.4 is 5.32 Å². The number of fused-ring (bicyclic) bond motifs is 1. The van der Waals surface area contributed by atoms with Gasteiger partial charge in [0, 0.05) is 37.1 Å². The summed E-state index contributed by atoms with van der Waals surface area (Å²) < 4.78 is 0. The second kappa shape index (κ2) is 5.44. The number of hydrogen-bond donors (Lipinski definition) is 1. The third-order valence-corrected chi connectivity index (χ3v) is 4.52. The number of carbonyl (C=O) groups excluding carboxylic acids is 2. The Labute approximate surface area is 126 Å². The summed E-state index contributed by atoms with van der Waals surface area (Å²) in [6.07, 6.45) is 0. The van der Waals surface area contributed by atoms with Gasteiger partial charge in [-0.15, -0.1) is 0 Å². The molecule has 2 aliphatic rings. The molecule has 2 saturated heterocycles. The molecule has 106 valence electrons. The van der Waals surface area contributed by atoms with Crippen molar-refractivity contribution < 1.29 is 9.59 Å². The molecule has 5 nitrogen and oxygen atoms in total. The van der Waals surface area contributed by atoms with Crippen molar-refractivity contribution in [2.75, 3.05) is 26.2 Å². The van der Waals surface area contributed by atoms with E-state index in [9.17, 15) is 9.59 Å². The van der Waals surface area contributed by atoms with Gasteiger partial charge in [-0.25, -0.2) is 4.79 Å². The number of hydrogen-bond acceptors (Lipinski definition) is 2. The van der Waals surface area contributed by atoms with E-state index in [1.807, 2.05) is 34.1 Å². The molecule has 1 N–H and O–H groups in total. The summed E-state index contributed by atoms with van der Waals surface area (Å²) in [5.41, 5.74) is 1.86. The van der Waals surface area contributed by atoms with E-state index >= 15 is 0 Å². The van der Waals surface area contributed by atoms with Crippen molar-refractivity contribution in [3.63, 3.8) is 0 Å². The van der Waals surface area contributed by atoms with Crippen LogP contribution >= 0.6 is 15.9 Å². The van der Waals surface area contributed by atoms with Crippen molar-refractivity contribution in [3.8, 4) is 0 Å². The summed E-state index contributed by atoms with van der Waals surface area (Å²) in [7, 11) is 0. The number of benzene rings is 1. The number of rotatable bonds is 2. The van der Waals surface area contributed by atoms with Gasteiger partial charge in [0.25, 0.3) is 5.91 Å². The van der Waals surface area contributed by atoms with Crippen LogP contribution in [0.5, 0.6) is 0 Å². The van der Waals surface area contributed by atoms with Crippen LogP contribution in [0.25, 0.3) is 0 Å². The van der Waals surface area contributed by atoms with Crippen LogP contribution in [0.2, 0.25) is 0 Å². The van der Waals surface area contributed by atoms with Crippen LogP contribution in [0.3, 0.4) is 0 Å². The molecule has 1 atom stereocenters. The number of nitrogens with one attached hydrogen (secondary N) is 1. The minimum Gasteiger partial charge on any atom is -0.336 e. The first-order valence-electron chi connectivity index (χ1n) is 6.67. The van der Waals surface area contributed by atoms with Gasteiger partial charge in [-0.3, -0.25) is 4.79 Å². The van der Waals surface area contributed by atoms with E-state index < -0.39 is 0 Å². The molecule has 1 unspecified atom stereocenters. The van der Waals surface area contributed by atoms with Crippen molar-refractivity contribution in [3.05, 3.63) is 35.4 Å². The maximum Gasteiger partial charge on any atom is 0.317 e. The number of carbonyl (C=O) groups is 2. The van der Waals surface area contributed by atoms with E-state index in [2.05, 4.69) is 21.2 Å². The van der Waals surface area contributed by atoms with E-state index in [0.29, 0.717) is 31.7 Å². The Morgan fingerprint density at radius 3 is 2.75 bits per heavy atom. The standard InChI is InChI=1S/C14H16BrN3O2/c15-7-10-1-3-11(4-2-10)13(19)17-5-6-18-12(9-17)8-16-14(18)20/h1-4,12H,5-9H2,(H,16,20). The smallest absolute Gasteiger partial charge is 0.317 e. The fourth-order valence-corrected chi connectivity index (χ4v) is 3.08. The zero-order chi connectivity index (χ0) is 14.1. The highest BCUT2D eigenvalue weighted by molar-refractivity contribution is 9.08. The molecular formula is C14H16BrN3O2. The SMILES string of the molecule is O=C(c1ccc(CBr)cc1)N1CCN2C(=O)NCC2C1. The molecule has 3 rings (SSSR count). The Bertz CT molecular complexity index is 532. The minimum atomic E-state index is -0.0104. The zero-order valence-corrected chi connectivity index (χ0v) is 12.6. The highest BCUT2D eigenvalue weighted by atomic mass is 79.9. The van der Waals surface area contributed by atoms with E-state index in [4.69, 9.17) is 0 Å². The highest BCUT2D eigenvalue weighted by Crippen LogP contribution is 2.17. The van der Waals surface area contributed by atoms with Crippen molar-refractivity contribution in [1.29, 1.82) is 0 Å². The number of piperazine rings is 1. The van der Waals surface area contributed by atoms with E-state index in [0.717, 1.165) is 10.9 Å². The lowest BCUT2D eigenvalue weighted by molar-refractivity contribution is 0.0617. The number of urea groups is 1. The van der Waals surface area contributed by atoms with Gasteiger partial charge in [0.05, 0.1) is 6.04 Å². The first-order chi connectivity index (χ1) is 9.69. The minimum absolute atomic E-state index is 0.0104. The molecule has 3 amide bonds. The number of alkyl halides is 1. The van der Waals surface area contributed by atoms with Gasteiger partial charge in [0.2, 0.25) is 0 Å². The van der Waals surface area contributed by atoms with E-state index in [1.54, 1.807) is 0 Å². The third-order valence-electron chi connectivity index (χ3n) is 3.87. The van der Waals surface area contributed by atoms with Crippen LogP contribution in [-0.4, -0.2) is 54.0 Å². The van der Waals surface area contributed by atoms with Gasteiger partial charge in [-0.1, -0.05) is 28.1 Å². The maximum absolute atomic E-state index is 12.5. The summed E-state index contributed by atoms with van der Waals surface area (Å²) in [5, 5.41) is 3.61. The molecule has 1 aromatic carbocycles. The molecule has 0 saturated carbocycles. The van der Waals surface area contributed by atoms with Crippen molar-refractivity contribution in [2.45, 2.75) is 11.4 Å². The molecule has 2 fully saturated rings. The topological polar surface area (TPSA) is 52.7 Å². The van der Waals surface area contributed by atoms with Gasteiger partial charge >= 0.3 is 6.03 Å². The van der Waals surface area contributed by atoms with Crippen molar-refractivity contribution >= 4 is 27.9 Å². The number of nitrogens with zero attached hydrogens (tertiary/aromatic N) is 2. The molecule has 0 bridgehead atoms. The molecule has 2 heterocycles. The zero-order valence-electron chi connectivity index (χ0n) is 11.0. The first kappa shape index (κ1) is 13.4. The lowest BCUT2D eigenvalue weighted by Gasteiger charge is -2.36. The summed E-state index contributed by atoms with van der Waals surface area (Å²) in [6.45, 7) is 2.45. The van der Waals surface area contributed by atoms with Crippen molar-refractivity contribution in [1.82, 2.24) is 15.1 Å². The summed E-state index contributed by atoms with van der Waals surface area (Å²) in [5.74, 6) is 0.0464. The molecule has 2 aliphatic heterocycles. The summed E-state index contributed by atoms with van der Waals surface area (Å²) in [6, 6.07) is 7.75. The van der Waals surface area contributed by atoms with Crippen LogP contribution in [0.1, 0.15) is 15.9 Å². The molecule has 6 heteroatoms. The summed E-state index contributed by atoms with van der Waals surface area (Å²) >= 11 is 3.39. The number of halogens is 1. The van der Waals surface area contributed by atoms with Gasteiger partial charge in [0.15, 0.2) is 0 Å². The maximum atomic E-state index is 12.5. The van der Waals surface area contributed by atoms with Gasteiger partial charge in [0.1, 0.15) is 0 Å². The third kappa shape index (κ3) is 2.40. The van der Waals surface area contributed by atoms with E-state index in [-0.39, 0.29) is 18.0 Å². The normalized spacial score (nSPS) is 21.6. The number of amides is 3. The lowest BCUT2D eigenvalue weighted by Crippen LogP contribution is -2.53. The average Bonchev–Trinajstić information content (AvgIpc) is 2.87. The molecule has 0 aliphatic carbocycles. The van der Waals surface area contributed by atoms with Crippen LogP contribution in [-0.2, 0) is 5.33 Å². The van der Waals surface area contributed by atoms with Crippen LogP contribution in [0.15, 0.2) is 24.3 Å². The fraction of sp³-hybridized carbons (Fsp3) is 0.429. The first-order valence-corrected chi connectivity index (χ1v) is 7.80. The molecule has 0 aromatic heterocycles. The average molecular weight is 338 g/mol. The molecular weight excluding hydrogens is 322 g/mol. The monoisotopic (exact) mass is 337 g/mol. The largest absolute Gasteiger partial charge is 0.336 e. The van der Waals surface area contributed by atoms with E-state index in [1.165, 1.54) is 0 Å². The Balaban J connectivity index is 1.70. The molecule has 0 spiro atoms. The lowest BCUT2D eigenvalue weighted by atomic mass is 10.1. The van der Waals surface area contributed by atoms with Gasteiger partial charge < -0.3 is 15.1 Å². The highest BCUT2D eigenvalue weighted by Gasteiger charge is 2.36. The van der Waals surface area contributed by atoms with Crippen LogP contribution in [0, 0.1) is 0 Å². The Morgan fingerprint density at radius 2 is 2.05 bits per heavy atom.